The third-order valence-electron chi connectivity index (χ3n) is 10.1. The quantitative estimate of drug-likeness (QED) is 0.170. The molecule has 0 atom stereocenters. The SMILES string of the molecule is CC(C)(C)c1cccc(-c2c3ccccc3c(N(c3ccccc3)c3ccc4c(c3)c3ccccc3n4-c3ccccc3)c3ccccc23)c1. The highest BCUT2D eigenvalue weighted by molar-refractivity contribution is 6.22. The molecular formula is C48H38N2. The second kappa shape index (κ2) is 11.8. The number of aromatic nitrogens is 1. The van der Waals surface area contributed by atoms with Crippen LogP contribution < -0.4 is 4.90 Å². The first-order valence-electron chi connectivity index (χ1n) is 17.5. The molecule has 0 saturated carbocycles. The molecule has 240 valence electrons. The fourth-order valence-electron chi connectivity index (χ4n) is 7.74. The van der Waals surface area contributed by atoms with E-state index in [-0.39, 0.29) is 5.41 Å². The summed E-state index contributed by atoms with van der Waals surface area (Å²) in [6, 6.07) is 64.2. The molecule has 0 fully saturated rings. The zero-order valence-corrected chi connectivity index (χ0v) is 28.6. The van der Waals surface area contributed by atoms with E-state index in [2.05, 4.69) is 206 Å². The van der Waals surface area contributed by atoms with Crippen molar-refractivity contribution >= 4 is 60.4 Å². The van der Waals surface area contributed by atoms with E-state index < -0.39 is 0 Å². The highest BCUT2D eigenvalue weighted by atomic mass is 15.1. The van der Waals surface area contributed by atoms with E-state index in [1.54, 1.807) is 0 Å². The zero-order chi connectivity index (χ0) is 33.8. The lowest BCUT2D eigenvalue weighted by Crippen LogP contribution is -2.12. The van der Waals surface area contributed by atoms with Gasteiger partial charge in [0.25, 0.3) is 0 Å². The Morgan fingerprint density at radius 1 is 0.420 bits per heavy atom. The molecule has 0 amide bonds. The summed E-state index contributed by atoms with van der Waals surface area (Å²) in [5.74, 6) is 0. The maximum absolute atomic E-state index is 2.47. The lowest BCUT2D eigenvalue weighted by atomic mass is 9.83. The zero-order valence-electron chi connectivity index (χ0n) is 28.6. The normalized spacial score (nSPS) is 11.9. The molecule has 0 aliphatic heterocycles. The number of para-hydroxylation sites is 3. The largest absolute Gasteiger partial charge is 0.309 e. The predicted octanol–water partition coefficient (Wildman–Crippen LogP) is 13.5. The third kappa shape index (κ3) is 4.87. The summed E-state index contributed by atoms with van der Waals surface area (Å²) in [5, 5.41) is 7.40. The molecule has 2 nitrogen and oxygen atoms in total. The Morgan fingerprint density at radius 2 is 0.980 bits per heavy atom. The van der Waals surface area contributed by atoms with Crippen LogP contribution in [0.25, 0.3) is 60.2 Å². The van der Waals surface area contributed by atoms with E-state index in [0.717, 1.165) is 17.1 Å². The number of benzene rings is 8. The second-order valence-electron chi connectivity index (χ2n) is 14.2. The van der Waals surface area contributed by atoms with E-state index in [4.69, 9.17) is 0 Å². The molecule has 0 aliphatic rings. The van der Waals surface area contributed by atoms with Crippen molar-refractivity contribution in [1.29, 1.82) is 0 Å². The molecule has 0 bridgehead atoms. The van der Waals surface area contributed by atoms with Crippen molar-refractivity contribution in [2.75, 3.05) is 4.90 Å². The summed E-state index contributed by atoms with van der Waals surface area (Å²) in [5.41, 5.74) is 10.9. The highest BCUT2D eigenvalue weighted by Gasteiger charge is 2.24. The van der Waals surface area contributed by atoms with E-state index in [9.17, 15) is 0 Å². The Labute approximate surface area is 293 Å². The van der Waals surface area contributed by atoms with Crippen LogP contribution in [-0.2, 0) is 5.41 Å². The van der Waals surface area contributed by atoms with Crippen molar-refractivity contribution in [3.8, 4) is 16.8 Å². The molecule has 8 aromatic carbocycles. The molecule has 1 aromatic heterocycles. The summed E-state index contributed by atoms with van der Waals surface area (Å²) in [4.78, 5) is 2.47. The van der Waals surface area contributed by atoms with Crippen molar-refractivity contribution < 1.29 is 0 Å². The minimum atomic E-state index is 0.0495. The average molecular weight is 643 g/mol. The van der Waals surface area contributed by atoms with Gasteiger partial charge in [0, 0.05) is 38.6 Å². The molecule has 50 heavy (non-hydrogen) atoms. The van der Waals surface area contributed by atoms with Crippen LogP contribution in [0.3, 0.4) is 0 Å². The minimum Gasteiger partial charge on any atom is -0.309 e. The fraction of sp³-hybridized carbons (Fsp3) is 0.0833. The van der Waals surface area contributed by atoms with Crippen LogP contribution in [0.15, 0.2) is 176 Å². The van der Waals surface area contributed by atoms with Crippen LogP contribution in [0.2, 0.25) is 0 Å². The van der Waals surface area contributed by atoms with Crippen molar-refractivity contribution in [3.63, 3.8) is 0 Å². The first-order chi connectivity index (χ1) is 24.5. The third-order valence-corrected chi connectivity index (χ3v) is 10.1. The number of rotatable bonds is 5. The van der Waals surface area contributed by atoms with Gasteiger partial charge in [-0.15, -0.1) is 0 Å². The molecule has 1 heterocycles. The maximum Gasteiger partial charge on any atom is 0.0618 e. The number of nitrogens with zero attached hydrogens (tertiary/aromatic N) is 2. The van der Waals surface area contributed by atoms with Gasteiger partial charge < -0.3 is 9.47 Å². The van der Waals surface area contributed by atoms with Gasteiger partial charge in [0.15, 0.2) is 0 Å². The number of hydrogen-bond donors (Lipinski definition) is 0. The van der Waals surface area contributed by atoms with Gasteiger partial charge in [-0.05, 0) is 81.4 Å². The van der Waals surface area contributed by atoms with Gasteiger partial charge in [0.2, 0.25) is 0 Å². The first kappa shape index (κ1) is 30.0. The van der Waals surface area contributed by atoms with Gasteiger partial charge in [-0.2, -0.15) is 0 Å². The first-order valence-corrected chi connectivity index (χ1v) is 17.5. The standard InChI is InChI=1S/C48H38N2/c1-48(2,3)34-18-16-17-33(31-34)46-39-24-10-12-26-41(39)47(42-27-13-11-25-40(42)46)49(35-19-6-4-7-20-35)37-29-30-45-43(32-37)38-23-14-15-28-44(38)50(45)36-21-8-5-9-22-36/h4-32H,1-3H3. The van der Waals surface area contributed by atoms with E-state index in [1.807, 2.05) is 0 Å². The molecule has 0 N–H and O–H groups in total. The monoisotopic (exact) mass is 642 g/mol. The van der Waals surface area contributed by atoms with Gasteiger partial charge in [-0.1, -0.05) is 148 Å². The average Bonchev–Trinajstić information content (AvgIpc) is 3.49. The van der Waals surface area contributed by atoms with Crippen molar-refractivity contribution in [2.24, 2.45) is 0 Å². The van der Waals surface area contributed by atoms with E-state index >= 15 is 0 Å². The molecule has 0 radical (unpaired) electrons. The topological polar surface area (TPSA) is 8.17 Å². The molecule has 0 aliphatic carbocycles. The lowest BCUT2D eigenvalue weighted by molar-refractivity contribution is 0.590. The number of hydrogen-bond acceptors (Lipinski definition) is 1. The van der Waals surface area contributed by atoms with Gasteiger partial charge in [-0.3, -0.25) is 0 Å². The fourth-order valence-corrected chi connectivity index (χ4v) is 7.74. The van der Waals surface area contributed by atoms with Crippen molar-refractivity contribution in [1.82, 2.24) is 4.57 Å². The van der Waals surface area contributed by atoms with Crippen LogP contribution in [-0.4, -0.2) is 4.57 Å². The molecule has 2 heteroatoms. The van der Waals surface area contributed by atoms with Gasteiger partial charge in [0.05, 0.1) is 16.7 Å². The summed E-state index contributed by atoms with van der Waals surface area (Å²) < 4.78 is 2.38. The highest BCUT2D eigenvalue weighted by Crippen LogP contribution is 2.49. The summed E-state index contributed by atoms with van der Waals surface area (Å²) in [6.45, 7) is 6.87. The Balaban J connectivity index is 1.36. The summed E-state index contributed by atoms with van der Waals surface area (Å²) in [6.07, 6.45) is 0. The number of fused-ring (bicyclic) bond motifs is 5. The Bertz CT molecular complexity index is 2620. The van der Waals surface area contributed by atoms with Crippen LogP contribution in [0.5, 0.6) is 0 Å². The Kier molecular flexibility index (Phi) is 7.07. The molecule has 9 rings (SSSR count). The van der Waals surface area contributed by atoms with Crippen molar-refractivity contribution in [3.05, 3.63) is 181 Å². The van der Waals surface area contributed by atoms with Gasteiger partial charge in [0.1, 0.15) is 0 Å². The van der Waals surface area contributed by atoms with Gasteiger partial charge >= 0.3 is 0 Å². The molecular weight excluding hydrogens is 605 g/mol. The molecule has 0 spiro atoms. The molecule has 0 saturated heterocycles. The minimum absolute atomic E-state index is 0.0495. The maximum atomic E-state index is 2.47. The van der Waals surface area contributed by atoms with Crippen LogP contribution >= 0.6 is 0 Å². The lowest BCUT2D eigenvalue weighted by Gasteiger charge is -2.30. The number of anilines is 3. The summed E-state index contributed by atoms with van der Waals surface area (Å²) >= 11 is 0. The van der Waals surface area contributed by atoms with Gasteiger partial charge in [-0.25, -0.2) is 0 Å². The van der Waals surface area contributed by atoms with Crippen LogP contribution in [0, 0.1) is 0 Å². The Morgan fingerprint density at radius 3 is 1.64 bits per heavy atom. The molecule has 9 aromatic rings. The summed E-state index contributed by atoms with van der Waals surface area (Å²) in [7, 11) is 0. The van der Waals surface area contributed by atoms with Crippen LogP contribution in [0.1, 0.15) is 26.3 Å². The van der Waals surface area contributed by atoms with E-state index in [1.165, 1.54) is 65.7 Å². The van der Waals surface area contributed by atoms with Crippen molar-refractivity contribution in [2.45, 2.75) is 26.2 Å². The van der Waals surface area contributed by atoms with E-state index in [0.29, 0.717) is 0 Å². The smallest absolute Gasteiger partial charge is 0.0618 e. The second-order valence-corrected chi connectivity index (χ2v) is 14.2. The Hall–Kier alpha value is -6.12. The van der Waals surface area contributed by atoms with Crippen LogP contribution in [0.4, 0.5) is 17.1 Å². The molecule has 0 unspecified atom stereocenters. The predicted molar refractivity (Wildman–Crippen MR) is 215 cm³/mol.